The third kappa shape index (κ3) is 7.65. The van der Waals surface area contributed by atoms with Gasteiger partial charge in [0.05, 0.1) is 6.26 Å². The van der Waals surface area contributed by atoms with Gasteiger partial charge in [-0.1, -0.05) is 32.9 Å². The van der Waals surface area contributed by atoms with Crippen molar-refractivity contribution < 1.29 is 14.3 Å². The molecule has 0 aromatic heterocycles. The van der Waals surface area contributed by atoms with Gasteiger partial charge in [0.25, 0.3) is 0 Å². The number of hydrogen-bond acceptors (Lipinski definition) is 3. The third-order valence-corrected chi connectivity index (χ3v) is 2.53. The van der Waals surface area contributed by atoms with Gasteiger partial charge in [-0.2, -0.15) is 0 Å². The van der Waals surface area contributed by atoms with Gasteiger partial charge in [0.2, 0.25) is 5.91 Å². The normalized spacial score (nSPS) is 13.6. The molecule has 4 heteroatoms. The summed E-state index contributed by atoms with van der Waals surface area (Å²) in [5.41, 5.74) is 0. The fourth-order valence-corrected chi connectivity index (χ4v) is 1.53. The number of nitrogens with zero attached hydrogens (tertiary/aromatic N) is 1. The first-order valence-corrected chi connectivity index (χ1v) is 6.38. The standard InChI is InChI=1S/C8H14O2.C6H9NO/c1-3-5-6-7-8(9)10-4-2;1-2-7-5-3-4-6(7)8/h4H,2-3,5-7H2,1H3;2H,1,3-5H2. The van der Waals surface area contributed by atoms with Crippen LogP contribution in [-0.2, 0) is 14.3 Å². The van der Waals surface area contributed by atoms with Gasteiger partial charge < -0.3 is 9.64 Å². The molecule has 0 unspecified atom stereocenters. The SMILES string of the molecule is C=CN1CCCC1=O.C=COC(=O)CCCCC. The predicted molar refractivity (Wildman–Crippen MR) is 71.6 cm³/mol. The maximum absolute atomic E-state index is 10.7. The van der Waals surface area contributed by atoms with Gasteiger partial charge in [0.1, 0.15) is 0 Å². The summed E-state index contributed by atoms with van der Waals surface area (Å²) >= 11 is 0. The van der Waals surface area contributed by atoms with Gasteiger partial charge in [-0.05, 0) is 19.0 Å². The van der Waals surface area contributed by atoms with E-state index < -0.39 is 0 Å². The summed E-state index contributed by atoms with van der Waals surface area (Å²) in [6.45, 7) is 9.74. The lowest BCUT2D eigenvalue weighted by Crippen LogP contribution is -2.16. The summed E-state index contributed by atoms with van der Waals surface area (Å²) in [6, 6.07) is 0. The first-order valence-electron chi connectivity index (χ1n) is 6.38. The second-order valence-corrected chi connectivity index (χ2v) is 3.99. The zero-order chi connectivity index (χ0) is 13.8. The van der Waals surface area contributed by atoms with Crippen LogP contribution in [0.25, 0.3) is 0 Å². The molecule has 0 aromatic rings. The summed E-state index contributed by atoms with van der Waals surface area (Å²) in [6.07, 6.45) is 8.11. The van der Waals surface area contributed by atoms with E-state index in [1.165, 1.54) is 6.26 Å². The minimum absolute atomic E-state index is 0.177. The van der Waals surface area contributed by atoms with Crippen molar-refractivity contribution in [1.29, 1.82) is 0 Å². The number of ether oxygens (including phenoxy) is 1. The predicted octanol–water partition coefficient (Wildman–Crippen LogP) is 3.01. The molecule has 102 valence electrons. The quantitative estimate of drug-likeness (QED) is 0.415. The van der Waals surface area contributed by atoms with Crippen LogP contribution in [0.3, 0.4) is 0 Å². The van der Waals surface area contributed by atoms with Crippen molar-refractivity contribution in [3.05, 3.63) is 25.6 Å². The van der Waals surface area contributed by atoms with Crippen LogP contribution in [0.15, 0.2) is 25.6 Å². The lowest BCUT2D eigenvalue weighted by Gasteiger charge is -2.05. The van der Waals surface area contributed by atoms with Crippen LogP contribution in [0, 0.1) is 0 Å². The average Bonchev–Trinajstić information content (AvgIpc) is 2.76. The zero-order valence-electron chi connectivity index (χ0n) is 11.2. The molecule has 1 amide bonds. The highest BCUT2D eigenvalue weighted by Crippen LogP contribution is 2.08. The maximum Gasteiger partial charge on any atom is 0.310 e. The van der Waals surface area contributed by atoms with Crippen molar-refractivity contribution in [3.63, 3.8) is 0 Å². The second kappa shape index (κ2) is 10.6. The van der Waals surface area contributed by atoms with Crippen molar-refractivity contribution in [2.75, 3.05) is 6.54 Å². The van der Waals surface area contributed by atoms with E-state index in [4.69, 9.17) is 0 Å². The largest absolute Gasteiger partial charge is 0.435 e. The summed E-state index contributed by atoms with van der Waals surface area (Å²) in [7, 11) is 0. The van der Waals surface area contributed by atoms with Crippen LogP contribution in [0.4, 0.5) is 0 Å². The van der Waals surface area contributed by atoms with Crippen molar-refractivity contribution in [3.8, 4) is 0 Å². The fourth-order valence-electron chi connectivity index (χ4n) is 1.53. The smallest absolute Gasteiger partial charge is 0.310 e. The second-order valence-electron chi connectivity index (χ2n) is 3.99. The summed E-state index contributed by atoms with van der Waals surface area (Å²) in [4.78, 5) is 22.9. The van der Waals surface area contributed by atoms with Crippen molar-refractivity contribution >= 4 is 11.9 Å². The van der Waals surface area contributed by atoms with E-state index in [2.05, 4.69) is 24.8 Å². The molecular weight excluding hydrogens is 230 g/mol. The van der Waals surface area contributed by atoms with Crippen LogP contribution in [0.5, 0.6) is 0 Å². The maximum atomic E-state index is 10.7. The minimum atomic E-state index is -0.177. The zero-order valence-corrected chi connectivity index (χ0v) is 11.2. The lowest BCUT2D eigenvalue weighted by atomic mass is 10.2. The van der Waals surface area contributed by atoms with E-state index in [0.717, 1.165) is 32.2 Å². The molecule has 0 radical (unpaired) electrons. The summed E-state index contributed by atoms with van der Waals surface area (Å²) < 4.78 is 4.51. The molecule has 0 aliphatic carbocycles. The van der Waals surface area contributed by atoms with Gasteiger partial charge in [0.15, 0.2) is 0 Å². The number of unbranched alkanes of at least 4 members (excludes halogenated alkanes) is 2. The minimum Gasteiger partial charge on any atom is -0.435 e. The Morgan fingerprint density at radius 1 is 1.44 bits per heavy atom. The topological polar surface area (TPSA) is 46.6 Å². The molecule has 1 saturated heterocycles. The van der Waals surface area contributed by atoms with E-state index >= 15 is 0 Å². The molecule has 4 nitrogen and oxygen atoms in total. The van der Waals surface area contributed by atoms with E-state index in [-0.39, 0.29) is 11.9 Å². The van der Waals surface area contributed by atoms with E-state index in [9.17, 15) is 9.59 Å². The average molecular weight is 253 g/mol. The molecule has 0 spiro atoms. The highest BCUT2D eigenvalue weighted by atomic mass is 16.5. The monoisotopic (exact) mass is 253 g/mol. The summed E-state index contributed by atoms with van der Waals surface area (Å²) in [5.74, 6) is 0.0310. The molecule has 0 saturated carbocycles. The van der Waals surface area contributed by atoms with Gasteiger partial charge in [-0.25, -0.2) is 0 Å². The van der Waals surface area contributed by atoms with E-state index in [1.54, 1.807) is 11.1 Å². The molecule has 1 rings (SSSR count). The van der Waals surface area contributed by atoms with Crippen LogP contribution in [0.1, 0.15) is 45.4 Å². The molecule has 1 aliphatic rings. The molecule has 1 aliphatic heterocycles. The lowest BCUT2D eigenvalue weighted by molar-refractivity contribution is -0.138. The Morgan fingerprint density at radius 3 is 2.56 bits per heavy atom. The van der Waals surface area contributed by atoms with Crippen molar-refractivity contribution in [2.45, 2.75) is 45.4 Å². The Bertz CT molecular complexity index is 287. The number of amides is 1. The van der Waals surface area contributed by atoms with Crippen molar-refractivity contribution in [2.24, 2.45) is 0 Å². The van der Waals surface area contributed by atoms with Crippen LogP contribution in [0.2, 0.25) is 0 Å². The third-order valence-electron chi connectivity index (χ3n) is 2.53. The first-order chi connectivity index (χ1) is 8.65. The molecule has 0 bridgehead atoms. The number of carbonyl (C=O) groups is 2. The fraction of sp³-hybridized carbons (Fsp3) is 0.571. The van der Waals surface area contributed by atoms with Gasteiger partial charge in [-0.15, -0.1) is 0 Å². The number of carbonyl (C=O) groups excluding carboxylic acids is 2. The number of rotatable bonds is 6. The molecule has 18 heavy (non-hydrogen) atoms. The van der Waals surface area contributed by atoms with Gasteiger partial charge in [-0.3, -0.25) is 9.59 Å². The first kappa shape index (κ1) is 16.4. The van der Waals surface area contributed by atoms with Crippen LogP contribution < -0.4 is 0 Å². The molecule has 0 atom stereocenters. The Hall–Kier alpha value is -1.58. The highest BCUT2D eigenvalue weighted by Gasteiger charge is 2.15. The molecule has 0 aromatic carbocycles. The van der Waals surface area contributed by atoms with Gasteiger partial charge in [0, 0.05) is 19.4 Å². The van der Waals surface area contributed by atoms with Crippen molar-refractivity contribution in [1.82, 2.24) is 4.90 Å². The van der Waals surface area contributed by atoms with E-state index in [0.29, 0.717) is 12.8 Å². The molecular formula is C14H23NO3. The summed E-state index contributed by atoms with van der Waals surface area (Å²) in [5, 5.41) is 0. The van der Waals surface area contributed by atoms with E-state index in [1.807, 2.05) is 0 Å². The number of likely N-dealkylation sites (tertiary alicyclic amines) is 1. The number of esters is 1. The Kier molecular flexibility index (Phi) is 9.64. The van der Waals surface area contributed by atoms with Crippen LogP contribution in [-0.4, -0.2) is 23.3 Å². The highest BCUT2D eigenvalue weighted by molar-refractivity contribution is 5.78. The molecule has 0 N–H and O–H groups in total. The Balaban J connectivity index is 0.000000327. The Labute approximate surface area is 109 Å². The van der Waals surface area contributed by atoms with Crippen LogP contribution >= 0.6 is 0 Å². The van der Waals surface area contributed by atoms with Gasteiger partial charge >= 0.3 is 5.97 Å². The molecule has 1 heterocycles. The molecule has 1 fully saturated rings. The Morgan fingerprint density at radius 2 is 2.17 bits per heavy atom. The number of hydrogen-bond donors (Lipinski definition) is 0.